The summed E-state index contributed by atoms with van der Waals surface area (Å²) in [5, 5.41) is 25.8. The molecule has 1 atom stereocenters. The van der Waals surface area contributed by atoms with Gasteiger partial charge in [-0.25, -0.2) is 0 Å². The zero-order chi connectivity index (χ0) is 12.7. The summed E-state index contributed by atoms with van der Waals surface area (Å²) in [5.41, 5.74) is -1.63. The Labute approximate surface area is 98.0 Å². The maximum Gasteiger partial charge on any atom is 0.164 e. The third-order valence-electron chi connectivity index (χ3n) is 2.30. The number of nitrogens with zero attached hydrogens (tertiary/aromatic N) is 4. The Morgan fingerprint density at radius 2 is 1.62 bits per heavy atom. The minimum Gasteiger partial charge on any atom is -0.196 e. The molecule has 0 heterocycles. The van der Waals surface area contributed by atoms with Crippen LogP contribution in [0.1, 0.15) is 53.4 Å². The minimum absolute atomic E-state index is 0.697. The molecule has 0 aromatic rings. The molecule has 0 amide bonds. The third kappa shape index (κ3) is 5.46. The Bertz CT molecular complexity index is 319. The Morgan fingerprint density at radius 1 is 1.00 bits per heavy atom. The molecule has 0 radical (unpaired) electrons. The van der Waals surface area contributed by atoms with Gasteiger partial charge in [-0.1, -0.05) is 19.8 Å². The van der Waals surface area contributed by atoms with E-state index in [1.807, 2.05) is 6.07 Å². The van der Waals surface area contributed by atoms with Gasteiger partial charge in [-0.2, -0.15) is 20.8 Å². The lowest BCUT2D eigenvalue weighted by molar-refractivity contribution is 0.460. The smallest absolute Gasteiger partial charge is 0.164 e. The SMILES string of the molecule is CCCCCC(C)(C#N)/N=N/C(C)(C)C#N. The van der Waals surface area contributed by atoms with Crippen molar-refractivity contribution in [1.82, 2.24) is 0 Å². The standard InChI is InChI=1S/C12H20N4/c1-5-6-7-8-12(4,10-14)16-15-11(2,3)9-13/h5-8H2,1-4H3/b16-15+. The predicted octanol–water partition coefficient (Wildman–Crippen LogP) is 3.60. The molecule has 0 aromatic heterocycles. The lowest BCUT2D eigenvalue weighted by Crippen LogP contribution is -2.21. The molecule has 0 aromatic carbocycles. The summed E-state index contributed by atoms with van der Waals surface area (Å²) in [7, 11) is 0. The number of rotatable bonds is 6. The molecule has 16 heavy (non-hydrogen) atoms. The highest BCUT2D eigenvalue weighted by Gasteiger charge is 2.24. The largest absolute Gasteiger partial charge is 0.196 e. The van der Waals surface area contributed by atoms with Crippen molar-refractivity contribution in [3.05, 3.63) is 0 Å². The second kappa shape index (κ2) is 6.23. The van der Waals surface area contributed by atoms with Crippen molar-refractivity contribution in [2.45, 2.75) is 64.5 Å². The number of azo groups is 1. The van der Waals surface area contributed by atoms with Crippen molar-refractivity contribution in [1.29, 1.82) is 10.5 Å². The molecule has 0 rings (SSSR count). The molecule has 4 heteroatoms. The number of hydrogen-bond acceptors (Lipinski definition) is 4. The average molecular weight is 220 g/mol. The van der Waals surface area contributed by atoms with E-state index in [0.29, 0.717) is 6.42 Å². The molecule has 0 aliphatic heterocycles. The predicted molar refractivity (Wildman–Crippen MR) is 62.7 cm³/mol. The molecule has 0 fully saturated rings. The maximum absolute atomic E-state index is 9.07. The van der Waals surface area contributed by atoms with E-state index in [9.17, 15) is 0 Å². The summed E-state index contributed by atoms with van der Waals surface area (Å²) in [4.78, 5) is 0. The van der Waals surface area contributed by atoms with Gasteiger partial charge in [-0.15, -0.1) is 0 Å². The van der Waals surface area contributed by atoms with E-state index < -0.39 is 11.1 Å². The van der Waals surface area contributed by atoms with Crippen molar-refractivity contribution in [2.24, 2.45) is 10.2 Å². The first-order valence-corrected chi connectivity index (χ1v) is 5.66. The topological polar surface area (TPSA) is 72.3 Å². The molecule has 0 aliphatic carbocycles. The maximum atomic E-state index is 9.07. The van der Waals surface area contributed by atoms with Gasteiger partial charge in [-0.05, 0) is 33.6 Å². The van der Waals surface area contributed by atoms with E-state index in [1.54, 1.807) is 20.8 Å². The van der Waals surface area contributed by atoms with Crippen LogP contribution >= 0.6 is 0 Å². The van der Waals surface area contributed by atoms with Gasteiger partial charge < -0.3 is 0 Å². The van der Waals surface area contributed by atoms with Crippen LogP contribution in [-0.4, -0.2) is 11.1 Å². The summed E-state index contributed by atoms with van der Waals surface area (Å²) in [6.07, 6.45) is 3.87. The van der Waals surface area contributed by atoms with E-state index in [2.05, 4.69) is 23.2 Å². The molecular formula is C12H20N4. The van der Waals surface area contributed by atoms with Crippen molar-refractivity contribution in [3.8, 4) is 12.1 Å². The fourth-order valence-electron chi connectivity index (χ4n) is 1.11. The second-order valence-corrected chi connectivity index (χ2v) is 4.71. The van der Waals surface area contributed by atoms with Crippen LogP contribution in [0.2, 0.25) is 0 Å². The first-order valence-electron chi connectivity index (χ1n) is 5.66. The van der Waals surface area contributed by atoms with Crippen LogP contribution in [0.15, 0.2) is 10.2 Å². The van der Waals surface area contributed by atoms with E-state index in [1.165, 1.54) is 0 Å². The first kappa shape index (κ1) is 14.6. The summed E-state index contributed by atoms with van der Waals surface area (Å²) < 4.78 is 0. The van der Waals surface area contributed by atoms with Crippen molar-refractivity contribution >= 4 is 0 Å². The van der Waals surface area contributed by atoms with Crippen molar-refractivity contribution in [2.75, 3.05) is 0 Å². The molecule has 0 saturated carbocycles. The summed E-state index contributed by atoms with van der Waals surface area (Å²) in [6, 6.07) is 4.20. The zero-order valence-electron chi connectivity index (χ0n) is 10.6. The fourth-order valence-corrected chi connectivity index (χ4v) is 1.11. The Hall–Kier alpha value is -1.42. The number of nitriles is 2. The van der Waals surface area contributed by atoms with Gasteiger partial charge in [0.1, 0.15) is 0 Å². The van der Waals surface area contributed by atoms with Gasteiger partial charge in [0, 0.05) is 0 Å². The van der Waals surface area contributed by atoms with Gasteiger partial charge >= 0.3 is 0 Å². The van der Waals surface area contributed by atoms with Gasteiger partial charge in [0.25, 0.3) is 0 Å². The van der Waals surface area contributed by atoms with E-state index in [-0.39, 0.29) is 0 Å². The summed E-state index contributed by atoms with van der Waals surface area (Å²) in [5.74, 6) is 0. The quantitative estimate of drug-likeness (QED) is 0.506. The molecule has 0 N–H and O–H groups in total. The summed E-state index contributed by atoms with van der Waals surface area (Å²) >= 11 is 0. The molecule has 0 bridgehead atoms. The molecule has 0 aliphatic rings. The molecule has 4 nitrogen and oxygen atoms in total. The monoisotopic (exact) mass is 220 g/mol. The van der Waals surface area contributed by atoms with Gasteiger partial charge in [-0.3, -0.25) is 0 Å². The fraction of sp³-hybridized carbons (Fsp3) is 0.833. The third-order valence-corrected chi connectivity index (χ3v) is 2.30. The van der Waals surface area contributed by atoms with Crippen molar-refractivity contribution < 1.29 is 0 Å². The molecule has 0 spiro atoms. The zero-order valence-corrected chi connectivity index (χ0v) is 10.6. The van der Waals surface area contributed by atoms with Crippen LogP contribution in [0, 0.1) is 22.7 Å². The lowest BCUT2D eigenvalue weighted by Gasteiger charge is -2.16. The molecule has 1 unspecified atom stereocenters. The normalized spacial score (nSPS) is 15.4. The molecule has 0 saturated heterocycles. The van der Waals surface area contributed by atoms with Gasteiger partial charge in [0.2, 0.25) is 0 Å². The molecular weight excluding hydrogens is 200 g/mol. The number of unbranched alkanes of at least 4 members (excludes halogenated alkanes) is 2. The Balaban J connectivity index is 4.51. The van der Waals surface area contributed by atoms with Crippen LogP contribution in [0.4, 0.5) is 0 Å². The summed E-state index contributed by atoms with van der Waals surface area (Å²) in [6.45, 7) is 7.24. The van der Waals surface area contributed by atoms with Crippen molar-refractivity contribution in [3.63, 3.8) is 0 Å². The number of hydrogen-bond donors (Lipinski definition) is 0. The highest BCUT2D eigenvalue weighted by atomic mass is 15.2. The van der Waals surface area contributed by atoms with Crippen LogP contribution in [-0.2, 0) is 0 Å². The van der Waals surface area contributed by atoms with Crippen LogP contribution in [0.25, 0.3) is 0 Å². The second-order valence-electron chi connectivity index (χ2n) is 4.71. The lowest BCUT2D eigenvalue weighted by atomic mass is 9.97. The van der Waals surface area contributed by atoms with Crippen LogP contribution < -0.4 is 0 Å². The first-order chi connectivity index (χ1) is 7.39. The molecule has 88 valence electrons. The minimum atomic E-state index is -0.844. The van der Waals surface area contributed by atoms with E-state index >= 15 is 0 Å². The van der Waals surface area contributed by atoms with Crippen LogP contribution in [0.5, 0.6) is 0 Å². The van der Waals surface area contributed by atoms with E-state index in [0.717, 1.165) is 19.3 Å². The Morgan fingerprint density at radius 3 is 2.06 bits per heavy atom. The highest BCUT2D eigenvalue weighted by Crippen LogP contribution is 2.21. The van der Waals surface area contributed by atoms with E-state index in [4.69, 9.17) is 10.5 Å². The highest BCUT2D eigenvalue weighted by molar-refractivity contribution is 5.05. The van der Waals surface area contributed by atoms with Gasteiger partial charge in [0.05, 0.1) is 12.1 Å². The van der Waals surface area contributed by atoms with Gasteiger partial charge in [0.15, 0.2) is 11.1 Å². The Kier molecular flexibility index (Phi) is 5.67. The average Bonchev–Trinajstić information content (AvgIpc) is 2.27. The van der Waals surface area contributed by atoms with Crippen LogP contribution in [0.3, 0.4) is 0 Å².